The molecule has 0 amide bonds. The van der Waals surface area contributed by atoms with E-state index in [1.165, 1.54) is 17.5 Å². The monoisotopic (exact) mass is 253 g/mol. The first-order valence-electron chi connectivity index (χ1n) is 6.78. The topological polar surface area (TPSA) is 42.1 Å². The molecule has 1 aromatic heterocycles. The molecule has 3 nitrogen and oxygen atoms in total. The minimum Gasteiger partial charge on any atom is -0.397 e. The highest BCUT2D eigenvalue weighted by molar-refractivity contribution is 5.46. The van der Waals surface area contributed by atoms with Gasteiger partial charge in [0.05, 0.1) is 11.9 Å². The number of likely N-dealkylation sites (tertiary alicyclic amines) is 1. The number of nitrogens with two attached hydrogens (primary N) is 1. The molecule has 3 rings (SSSR count). The average molecular weight is 253 g/mol. The Kier molecular flexibility index (Phi) is 3.47. The number of nitrogen functional groups attached to an aromatic ring is 1. The van der Waals surface area contributed by atoms with Gasteiger partial charge in [-0.3, -0.25) is 9.88 Å². The molecule has 1 saturated heterocycles. The van der Waals surface area contributed by atoms with Crippen molar-refractivity contribution in [1.29, 1.82) is 0 Å². The predicted octanol–water partition coefficient (Wildman–Crippen LogP) is 2.65. The Balaban J connectivity index is 1.66. The summed E-state index contributed by atoms with van der Waals surface area (Å²) in [5, 5.41) is 0. The van der Waals surface area contributed by atoms with Gasteiger partial charge in [0.15, 0.2) is 0 Å². The maximum absolute atomic E-state index is 6.02. The van der Waals surface area contributed by atoms with Gasteiger partial charge in [-0.15, -0.1) is 0 Å². The van der Waals surface area contributed by atoms with E-state index in [1.807, 2.05) is 6.20 Å². The second kappa shape index (κ2) is 5.41. The number of benzene rings is 1. The van der Waals surface area contributed by atoms with E-state index < -0.39 is 0 Å². The molecule has 2 aromatic rings. The number of pyridine rings is 1. The van der Waals surface area contributed by atoms with Crippen molar-refractivity contribution in [2.45, 2.75) is 18.9 Å². The first kappa shape index (κ1) is 12.2. The van der Waals surface area contributed by atoms with Crippen LogP contribution in [0, 0.1) is 0 Å². The van der Waals surface area contributed by atoms with E-state index in [1.54, 1.807) is 6.20 Å². The number of nitrogens with zero attached hydrogens (tertiary/aromatic N) is 2. The van der Waals surface area contributed by atoms with Gasteiger partial charge in [-0.05, 0) is 36.1 Å². The van der Waals surface area contributed by atoms with Gasteiger partial charge in [0.1, 0.15) is 0 Å². The van der Waals surface area contributed by atoms with Crippen LogP contribution in [0.25, 0.3) is 0 Å². The number of aromatic nitrogens is 1. The third kappa shape index (κ3) is 2.76. The largest absolute Gasteiger partial charge is 0.397 e. The van der Waals surface area contributed by atoms with Gasteiger partial charge in [0, 0.05) is 19.3 Å². The summed E-state index contributed by atoms with van der Waals surface area (Å²) in [6.45, 7) is 3.26. The fraction of sp³-hybridized carbons (Fsp3) is 0.312. The number of rotatable bonds is 3. The predicted molar refractivity (Wildman–Crippen MR) is 77.7 cm³/mol. The molecule has 19 heavy (non-hydrogen) atoms. The van der Waals surface area contributed by atoms with Crippen LogP contribution in [0.2, 0.25) is 0 Å². The molecule has 2 N–H and O–H groups in total. The van der Waals surface area contributed by atoms with Gasteiger partial charge in [0.25, 0.3) is 0 Å². The van der Waals surface area contributed by atoms with Crippen molar-refractivity contribution in [3.63, 3.8) is 0 Å². The Bertz CT molecular complexity index is 539. The normalized spacial score (nSPS) is 19.7. The van der Waals surface area contributed by atoms with Crippen LogP contribution in [0.4, 0.5) is 5.69 Å². The van der Waals surface area contributed by atoms with Crippen LogP contribution in [-0.2, 0) is 6.54 Å². The second-order valence-corrected chi connectivity index (χ2v) is 5.21. The van der Waals surface area contributed by atoms with E-state index >= 15 is 0 Å². The van der Waals surface area contributed by atoms with E-state index in [2.05, 4.69) is 46.3 Å². The van der Waals surface area contributed by atoms with E-state index in [9.17, 15) is 0 Å². The Labute approximate surface area is 114 Å². The lowest BCUT2D eigenvalue weighted by atomic mass is 9.98. The molecule has 0 aliphatic carbocycles. The summed E-state index contributed by atoms with van der Waals surface area (Å²) in [7, 11) is 0. The number of hydrogen-bond donors (Lipinski definition) is 1. The van der Waals surface area contributed by atoms with Crippen molar-refractivity contribution in [3.8, 4) is 0 Å². The molecule has 1 unspecified atom stereocenters. The fourth-order valence-electron chi connectivity index (χ4n) is 2.86. The maximum Gasteiger partial charge on any atom is 0.0536 e. The summed E-state index contributed by atoms with van der Waals surface area (Å²) in [5.74, 6) is 0.548. The average Bonchev–Trinajstić information content (AvgIpc) is 2.89. The van der Waals surface area contributed by atoms with Gasteiger partial charge in [0.2, 0.25) is 0 Å². The molecule has 1 atom stereocenters. The van der Waals surface area contributed by atoms with Crippen molar-refractivity contribution in [2.75, 3.05) is 18.8 Å². The molecule has 0 bridgehead atoms. The molecule has 0 radical (unpaired) electrons. The fourth-order valence-corrected chi connectivity index (χ4v) is 2.86. The summed E-state index contributed by atoms with van der Waals surface area (Å²) >= 11 is 0. The van der Waals surface area contributed by atoms with Crippen molar-refractivity contribution in [3.05, 3.63) is 59.9 Å². The van der Waals surface area contributed by atoms with Gasteiger partial charge in [-0.2, -0.15) is 0 Å². The van der Waals surface area contributed by atoms with Gasteiger partial charge >= 0.3 is 0 Å². The summed E-state index contributed by atoms with van der Waals surface area (Å²) in [6.07, 6.45) is 4.78. The molecule has 3 heteroatoms. The first-order chi connectivity index (χ1) is 9.33. The van der Waals surface area contributed by atoms with E-state index in [4.69, 9.17) is 5.73 Å². The highest BCUT2D eigenvalue weighted by atomic mass is 15.1. The van der Waals surface area contributed by atoms with Crippen LogP contribution in [-0.4, -0.2) is 23.0 Å². The third-order valence-electron chi connectivity index (χ3n) is 3.85. The lowest BCUT2D eigenvalue weighted by molar-refractivity contribution is 0.327. The Morgan fingerprint density at radius 1 is 1.21 bits per heavy atom. The molecule has 98 valence electrons. The smallest absolute Gasteiger partial charge is 0.0536 e. The third-order valence-corrected chi connectivity index (χ3v) is 3.85. The zero-order valence-electron chi connectivity index (χ0n) is 11.0. The molecule has 0 saturated carbocycles. The molecular weight excluding hydrogens is 234 g/mol. The van der Waals surface area contributed by atoms with Gasteiger partial charge in [-0.25, -0.2) is 0 Å². The van der Waals surface area contributed by atoms with Gasteiger partial charge in [-0.1, -0.05) is 30.3 Å². The number of anilines is 1. The quantitative estimate of drug-likeness (QED) is 0.914. The van der Waals surface area contributed by atoms with Crippen LogP contribution < -0.4 is 5.73 Å². The summed E-state index contributed by atoms with van der Waals surface area (Å²) in [5.41, 5.74) is 9.48. The first-order valence-corrected chi connectivity index (χ1v) is 6.78. The van der Waals surface area contributed by atoms with E-state index in [-0.39, 0.29) is 0 Å². The number of hydrogen-bond acceptors (Lipinski definition) is 3. The zero-order valence-corrected chi connectivity index (χ0v) is 11.0. The second-order valence-electron chi connectivity index (χ2n) is 5.21. The van der Waals surface area contributed by atoms with Crippen molar-refractivity contribution in [2.24, 2.45) is 0 Å². The minimum atomic E-state index is 0.548. The lowest BCUT2D eigenvalue weighted by Gasteiger charge is -2.17. The maximum atomic E-state index is 6.02. The van der Waals surface area contributed by atoms with E-state index in [0.29, 0.717) is 5.92 Å². The molecule has 2 heterocycles. The zero-order chi connectivity index (χ0) is 13.1. The molecule has 1 aliphatic rings. The minimum absolute atomic E-state index is 0.548. The van der Waals surface area contributed by atoms with Crippen molar-refractivity contribution in [1.82, 2.24) is 9.88 Å². The SMILES string of the molecule is Nc1cnccc1C1CCN(Cc2ccccc2)C1. The molecule has 1 aliphatic heterocycles. The van der Waals surface area contributed by atoms with Gasteiger partial charge < -0.3 is 5.73 Å². The highest BCUT2D eigenvalue weighted by Gasteiger charge is 2.25. The molecular formula is C16H19N3. The van der Waals surface area contributed by atoms with Crippen LogP contribution in [0.1, 0.15) is 23.5 Å². The Hall–Kier alpha value is -1.87. The summed E-state index contributed by atoms with van der Waals surface area (Å²) in [4.78, 5) is 6.56. The van der Waals surface area contributed by atoms with Crippen LogP contribution in [0.5, 0.6) is 0 Å². The molecule has 1 aromatic carbocycles. The molecule has 1 fully saturated rings. The summed E-state index contributed by atoms with van der Waals surface area (Å²) in [6, 6.07) is 12.7. The Morgan fingerprint density at radius 2 is 2.05 bits per heavy atom. The lowest BCUT2D eigenvalue weighted by Crippen LogP contribution is -2.19. The standard InChI is InChI=1S/C16H19N3/c17-16-10-18-8-6-15(16)14-7-9-19(12-14)11-13-4-2-1-3-5-13/h1-6,8,10,14H,7,9,11-12,17H2. The van der Waals surface area contributed by atoms with Crippen molar-refractivity contribution >= 4 is 5.69 Å². The Morgan fingerprint density at radius 3 is 2.84 bits per heavy atom. The van der Waals surface area contributed by atoms with Crippen molar-refractivity contribution < 1.29 is 0 Å². The molecule has 0 spiro atoms. The van der Waals surface area contributed by atoms with Crippen LogP contribution in [0.15, 0.2) is 48.8 Å². The van der Waals surface area contributed by atoms with E-state index in [0.717, 1.165) is 25.3 Å². The van der Waals surface area contributed by atoms with Crippen LogP contribution >= 0.6 is 0 Å². The van der Waals surface area contributed by atoms with Crippen LogP contribution in [0.3, 0.4) is 0 Å². The highest BCUT2D eigenvalue weighted by Crippen LogP contribution is 2.30. The summed E-state index contributed by atoms with van der Waals surface area (Å²) < 4.78 is 0.